The predicted molar refractivity (Wildman–Crippen MR) is 43.2 cm³/mol. The standard InChI is InChI=1S/C6H9N3S/c1-4-6(5(2)9-7)10-3-8-4/h3H,7H2,1-2H3/b9-5+. The molecule has 1 aromatic heterocycles. The Hall–Kier alpha value is -0.900. The minimum atomic E-state index is 0.847. The Kier molecular flexibility index (Phi) is 2.01. The number of hydrogen-bond donors (Lipinski definition) is 1. The third-order valence-corrected chi connectivity index (χ3v) is 2.31. The van der Waals surface area contributed by atoms with Crippen molar-refractivity contribution in [3.8, 4) is 0 Å². The molecule has 0 spiro atoms. The van der Waals surface area contributed by atoms with E-state index in [9.17, 15) is 0 Å². The topological polar surface area (TPSA) is 51.3 Å². The highest BCUT2D eigenvalue weighted by Gasteiger charge is 2.02. The molecule has 0 aliphatic rings. The monoisotopic (exact) mass is 155 g/mol. The number of rotatable bonds is 1. The molecule has 0 bridgehead atoms. The third kappa shape index (κ3) is 1.16. The molecule has 0 aliphatic heterocycles. The smallest absolute Gasteiger partial charge is 0.0801 e. The summed E-state index contributed by atoms with van der Waals surface area (Å²) < 4.78 is 0. The molecule has 1 heterocycles. The highest BCUT2D eigenvalue weighted by Crippen LogP contribution is 2.12. The SMILES string of the molecule is C/C(=N\N)c1scnc1C. The summed E-state index contributed by atoms with van der Waals surface area (Å²) in [5.41, 5.74) is 3.64. The van der Waals surface area contributed by atoms with Crippen molar-refractivity contribution in [1.29, 1.82) is 0 Å². The first kappa shape index (κ1) is 7.21. The van der Waals surface area contributed by atoms with Crippen molar-refractivity contribution in [2.45, 2.75) is 13.8 Å². The molecule has 2 N–H and O–H groups in total. The molecule has 0 aromatic carbocycles. The fourth-order valence-electron chi connectivity index (χ4n) is 0.708. The van der Waals surface area contributed by atoms with Crippen LogP contribution in [0.1, 0.15) is 17.5 Å². The molecular weight excluding hydrogens is 146 g/mol. The molecule has 0 aliphatic carbocycles. The van der Waals surface area contributed by atoms with Gasteiger partial charge in [0.1, 0.15) is 0 Å². The lowest BCUT2D eigenvalue weighted by molar-refractivity contribution is 1.22. The lowest BCUT2D eigenvalue weighted by atomic mass is 10.3. The molecule has 0 atom stereocenters. The summed E-state index contributed by atoms with van der Waals surface area (Å²) in [5, 5.41) is 3.58. The van der Waals surface area contributed by atoms with Crippen LogP contribution in [0.15, 0.2) is 10.6 Å². The first-order chi connectivity index (χ1) is 4.75. The van der Waals surface area contributed by atoms with Gasteiger partial charge in [0, 0.05) is 0 Å². The van der Waals surface area contributed by atoms with E-state index in [-0.39, 0.29) is 0 Å². The summed E-state index contributed by atoms with van der Waals surface area (Å²) in [4.78, 5) is 5.14. The maximum Gasteiger partial charge on any atom is 0.0801 e. The van der Waals surface area contributed by atoms with Gasteiger partial charge in [-0.05, 0) is 13.8 Å². The highest BCUT2D eigenvalue weighted by molar-refractivity contribution is 7.12. The fourth-order valence-corrected chi connectivity index (χ4v) is 1.47. The lowest BCUT2D eigenvalue weighted by Crippen LogP contribution is -1.97. The summed E-state index contributed by atoms with van der Waals surface area (Å²) in [5.74, 6) is 5.10. The second-order valence-corrected chi connectivity index (χ2v) is 2.84. The van der Waals surface area contributed by atoms with E-state index in [1.54, 1.807) is 16.8 Å². The molecule has 4 heteroatoms. The summed E-state index contributed by atoms with van der Waals surface area (Å²) in [6.45, 7) is 3.82. The van der Waals surface area contributed by atoms with Gasteiger partial charge in [0.05, 0.1) is 21.8 Å². The Balaban J connectivity index is 3.05. The van der Waals surface area contributed by atoms with Crippen molar-refractivity contribution < 1.29 is 0 Å². The molecule has 0 saturated heterocycles. The van der Waals surface area contributed by atoms with Crippen LogP contribution >= 0.6 is 11.3 Å². The van der Waals surface area contributed by atoms with E-state index in [0.717, 1.165) is 16.3 Å². The Labute approximate surface area is 63.6 Å². The predicted octanol–water partition coefficient (Wildman–Crippen LogP) is 1.13. The van der Waals surface area contributed by atoms with E-state index in [4.69, 9.17) is 5.84 Å². The Morgan fingerprint density at radius 3 is 2.90 bits per heavy atom. The van der Waals surface area contributed by atoms with Gasteiger partial charge in [-0.2, -0.15) is 5.10 Å². The molecule has 3 nitrogen and oxygen atoms in total. The van der Waals surface area contributed by atoms with Gasteiger partial charge in [-0.3, -0.25) is 0 Å². The molecular formula is C6H9N3S. The first-order valence-electron chi connectivity index (χ1n) is 2.90. The van der Waals surface area contributed by atoms with Crippen LogP contribution in [-0.2, 0) is 0 Å². The molecule has 1 rings (SSSR count). The number of aromatic nitrogens is 1. The molecule has 1 aromatic rings. The zero-order chi connectivity index (χ0) is 7.56. The van der Waals surface area contributed by atoms with Crippen LogP contribution in [0.3, 0.4) is 0 Å². The van der Waals surface area contributed by atoms with Gasteiger partial charge in [0.2, 0.25) is 0 Å². The lowest BCUT2D eigenvalue weighted by Gasteiger charge is -1.92. The number of hydrogen-bond acceptors (Lipinski definition) is 4. The van der Waals surface area contributed by atoms with Gasteiger partial charge in [0.15, 0.2) is 0 Å². The van der Waals surface area contributed by atoms with Gasteiger partial charge in [-0.1, -0.05) is 0 Å². The van der Waals surface area contributed by atoms with E-state index < -0.39 is 0 Å². The third-order valence-electron chi connectivity index (χ3n) is 1.27. The first-order valence-corrected chi connectivity index (χ1v) is 3.78. The van der Waals surface area contributed by atoms with Crippen LogP contribution in [0.25, 0.3) is 0 Å². The van der Waals surface area contributed by atoms with Crippen molar-refractivity contribution >= 4 is 17.0 Å². The van der Waals surface area contributed by atoms with Gasteiger partial charge < -0.3 is 5.84 Å². The highest BCUT2D eigenvalue weighted by atomic mass is 32.1. The molecule has 0 radical (unpaired) electrons. The molecule has 0 unspecified atom stereocenters. The van der Waals surface area contributed by atoms with Crippen LogP contribution in [0.5, 0.6) is 0 Å². The molecule has 10 heavy (non-hydrogen) atoms. The van der Waals surface area contributed by atoms with Gasteiger partial charge in [-0.25, -0.2) is 4.98 Å². The average Bonchev–Trinajstić information content (AvgIpc) is 2.34. The number of aryl methyl sites for hydroxylation is 1. The molecule has 0 fully saturated rings. The summed E-state index contributed by atoms with van der Waals surface area (Å²) in [7, 11) is 0. The van der Waals surface area contributed by atoms with Crippen molar-refractivity contribution in [2.24, 2.45) is 10.9 Å². The fraction of sp³-hybridized carbons (Fsp3) is 0.333. The van der Waals surface area contributed by atoms with Crippen LogP contribution < -0.4 is 5.84 Å². The average molecular weight is 155 g/mol. The zero-order valence-corrected chi connectivity index (χ0v) is 6.77. The second kappa shape index (κ2) is 2.79. The van der Waals surface area contributed by atoms with Gasteiger partial charge >= 0.3 is 0 Å². The largest absolute Gasteiger partial charge is 0.323 e. The molecule has 54 valence electrons. The second-order valence-electron chi connectivity index (χ2n) is 1.98. The maximum atomic E-state index is 5.10. The van der Waals surface area contributed by atoms with Crippen LogP contribution in [0.2, 0.25) is 0 Å². The maximum absolute atomic E-state index is 5.10. The van der Waals surface area contributed by atoms with Gasteiger partial charge in [0.25, 0.3) is 0 Å². The normalized spacial score (nSPS) is 12.0. The summed E-state index contributed by atoms with van der Waals surface area (Å²) in [6.07, 6.45) is 0. The van der Waals surface area contributed by atoms with Crippen LogP contribution in [0.4, 0.5) is 0 Å². The number of nitrogens with zero attached hydrogens (tertiary/aromatic N) is 2. The summed E-state index contributed by atoms with van der Waals surface area (Å²) in [6, 6.07) is 0. The zero-order valence-electron chi connectivity index (χ0n) is 5.96. The van der Waals surface area contributed by atoms with Gasteiger partial charge in [-0.15, -0.1) is 11.3 Å². The van der Waals surface area contributed by atoms with E-state index in [0.29, 0.717) is 0 Å². The van der Waals surface area contributed by atoms with Crippen LogP contribution in [-0.4, -0.2) is 10.7 Å². The van der Waals surface area contributed by atoms with E-state index in [1.165, 1.54) is 0 Å². The minimum Gasteiger partial charge on any atom is -0.323 e. The molecule has 0 amide bonds. The van der Waals surface area contributed by atoms with E-state index in [2.05, 4.69) is 10.1 Å². The van der Waals surface area contributed by atoms with Crippen molar-refractivity contribution in [1.82, 2.24) is 4.98 Å². The van der Waals surface area contributed by atoms with E-state index >= 15 is 0 Å². The number of thiazole rings is 1. The van der Waals surface area contributed by atoms with Crippen LogP contribution in [0, 0.1) is 6.92 Å². The quantitative estimate of drug-likeness (QED) is 0.375. The van der Waals surface area contributed by atoms with Crippen molar-refractivity contribution in [2.75, 3.05) is 0 Å². The number of hydrazone groups is 1. The Bertz CT molecular complexity index is 251. The number of nitrogens with two attached hydrogens (primary N) is 1. The summed E-state index contributed by atoms with van der Waals surface area (Å²) >= 11 is 1.56. The van der Waals surface area contributed by atoms with Crippen molar-refractivity contribution in [3.63, 3.8) is 0 Å². The molecule has 0 saturated carbocycles. The van der Waals surface area contributed by atoms with Crippen molar-refractivity contribution in [3.05, 3.63) is 16.1 Å². The van der Waals surface area contributed by atoms with E-state index in [1.807, 2.05) is 13.8 Å². The minimum absolute atomic E-state index is 0.847. The Morgan fingerprint density at radius 2 is 2.50 bits per heavy atom. The Morgan fingerprint density at radius 1 is 1.80 bits per heavy atom.